The van der Waals surface area contributed by atoms with E-state index in [0.717, 1.165) is 6.42 Å². The topological polar surface area (TPSA) is 52.6 Å². The van der Waals surface area contributed by atoms with Gasteiger partial charge in [0, 0.05) is 0 Å². The van der Waals surface area contributed by atoms with Crippen LogP contribution in [0.25, 0.3) is 0 Å². The predicted molar refractivity (Wildman–Crippen MR) is 115 cm³/mol. The Bertz CT molecular complexity index is 673. The lowest BCUT2D eigenvalue weighted by Gasteiger charge is -2.40. The van der Waals surface area contributed by atoms with Crippen molar-refractivity contribution in [3.05, 3.63) is 0 Å². The highest BCUT2D eigenvalue weighted by atomic mass is 19.4. The molecule has 0 aromatic heterocycles. The molecule has 0 aliphatic heterocycles. The molecule has 1 rings (SSSR count). The fourth-order valence-corrected chi connectivity index (χ4v) is 4.30. The zero-order chi connectivity index (χ0) is 25.9. The van der Waals surface area contributed by atoms with Crippen molar-refractivity contribution < 1.29 is 41.0 Å². The number of hydrogen-bond donors (Lipinski definition) is 0. The van der Waals surface area contributed by atoms with Gasteiger partial charge in [-0.25, -0.2) is 0 Å². The largest absolute Gasteiger partial charge is 0.459 e. The number of ether oxygens (including phenoxy) is 2. The van der Waals surface area contributed by atoms with Crippen LogP contribution in [-0.2, 0) is 19.1 Å². The second-order valence-electron chi connectivity index (χ2n) is 11.1. The van der Waals surface area contributed by atoms with Gasteiger partial charge in [0.05, 0.1) is 11.8 Å². The molecule has 0 aromatic carbocycles. The van der Waals surface area contributed by atoms with Crippen LogP contribution >= 0.6 is 0 Å². The summed E-state index contributed by atoms with van der Waals surface area (Å²) in [6, 6.07) is 0. The summed E-state index contributed by atoms with van der Waals surface area (Å²) >= 11 is 0. The Morgan fingerprint density at radius 1 is 0.909 bits per heavy atom. The third-order valence-electron chi connectivity index (χ3n) is 6.94. The van der Waals surface area contributed by atoms with Crippen LogP contribution in [0.15, 0.2) is 0 Å². The maximum absolute atomic E-state index is 13.4. The molecule has 0 spiro atoms. The lowest BCUT2D eigenvalue weighted by molar-refractivity contribution is -0.294. The van der Waals surface area contributed by atoms with E-state index in [1.807, 2.05) is 27.7 Å². The van der Waals surface area contributed by atoms with Gasteiger partial charge in [-0.05, 0) is 49.4 Å². The molecule has 1 aliphatic rings. The summed E-state index contributed by atoms with van der Waals surface area (Å²) in [6.07, 6.45) is -2.38. The number of alkyl halides is 5. The van der Waals surface area contributed by atoms with Gasteiger partial charge in [-0.2, -0.15) is 22.0 Å². The quantitative estimate of drug-likeness (QED) is 0.244. The molecule has 0 heterocycles. The first-order valence-electron chi connectivity index (χ1n) is 11.7. The minimum atomic E-state index is -5.82. The molecule has 0 aromatic rings. The second kappa shape index (κ2) is 10.5. The van der Waals surface area contributed by atoms with Crippen molar-refractivity contribution in [3.63, 3.8) is 0 Å². The standard InChI is InChI=1S/C24H39F5O4/c1-8-16(18(30)32-15-23(25,26)24(27,28)29)22(12-10-11-13-22)33-19(31)17(20(3,4)5)14-21(6,7)9-2/h16-17H,8-15H2,1-7H3. The number of rotatable bonds is 10. The first-order chi connectivity index (χ1) is 14.8. The highest BCUT2D eigenvalue weighted by molar-refractivity contribution is 5.77. The number of esters is 2. The summed E-state index contributed by atoms with van der Waals surface area (Å²) in [6.45, 7) is 11.4. The Hall–Kier alpha value is -1.41. The number of halogens is 5. The number of carbonyl (C=O) groups is 2. The number of carbonyl (C=O) groups excluding carboxylic acids is 2. The molecule has 0 bridgehead atoms. The SMILES string of the molecule is CCC(C(=O)OCC(F)(F)C(F)(F)F)C1(OC(=O)C(CC(C)(C)CC)C(C)(C)C)CCCC1. The third-order valence-corrected chi connectivity index (χ3v) is 6.94. The average molecular weight is 487 g/mol. The molecular weight excluding hydrogens is 447 g/mol. The van der Waals surface area contributed by atoms with Gasteiger partial charge in [-0.3, -0.25) is 9.59 Å². The summed E-state index contributed by atoms with van der Waals surface area (Å²) in [5.74, 6) is -8.42. The van der Waals surface area contributed by atoms with Gasteiger partial charge >= 0.3 is 24.0 Å². The highest BCUT2D eigenvalue weighted by Gasteiger charge is 2.59. The van der Waals surface area contributed by atoms with Crippen LogP contribution in [0, 0.1) is 22.7 Å². The van der Waals surface area contributed by atoms with E-state index in [1.165, 1.54) is 0 Å². The maximum atomic E-state index is 13.4. The molecule has 0 amide bonds. The Kier molecular flexibility index (Phi) is 9.39. The summed E-state index contributed by atoms with van der Waals surface area (Å²) in [4.78, 5) is 26.0. The van der Waals surface area contributed by atoms with E-state index in [1.54, 1.807) is 6.92 Å². The van der Waals surface area contributed by atoms with Crippen molar-refractivity contribution in [1.82, 2.24) is 0 Å². The monoisotopic (exact) mass is 486 g/mol. The van der Waals surface area contributed by atoms with E-state index in [-0.39, 0.29) is 11.8 Å². The van der Waals surface area contributed by atoms with Crippen molar-refractivity contribution in [1.29, 1.82) is 0 Å². The van der Waals surface area contributed by atoms with Crippen molar-refractivity contribution >= 4 is 11.9 Å². The van der Waals surface area contributed by atoms with E-state index in [9.17, 15) is 31.5 Å². The molecule has 194 valence electrons. The Labute approximate surface area is 194 Å². The van der Waals surface area contributed by atoms with Crippen molar-refractivity contribution in [2.45, 2.75) is 111 Å². The molecule has 33 heavy (non-hydrogen) atoms. The van der Waals surface area contributed by atoms with E-state index >= 15 is 0 Å². The first kappa shape index (κ1) is 29.6. The molecular formula is C24H39F5O4. The van der Waals surface area contributed by atoms with Gasteiger partial charge in [0.1, 0.15) is 5.60 Å². The molecule has 0 radical (unpaired) electrons. The van der Waals surface area contributed by atoms with Crippen LogP contribution in [0.2, 0.25) is 0 Å². The van der Waals surface area contributed by atoms with Gasteiger partial charge in [0.2, 0.25) is 0 Å². The van der Waals surface area contributed by atoms with Crippen LogP contribution in [0.3, 0.4) is 0 Å². The van der Waals surface area contributed by atoms with Crippen LogP contribution in [-0.4, -0.2) is 36.2 Å². The van der Waals surface area contributed by atoms with Gasteiger partial charge in [-0.1, -0.05) is 54.9 Å². The van der Waals surface area contributed by atoms with Crippen LogP contribution in [0.5, 0.6) is 0 Å². The molecule has 0 N–H and O–H groups in total. The van der Waals surface area contributed by atoms with Crippen molar-refractivity contribution in [2.75, 3.05) is 6.61 Å². The molecule has 1 saturated carbocycles. The van der Waals surface area contributed by atoms with E-state index in [0.29, 0.717) is 32.1 Å². The molecule has 2 atom stereocenters. The fourth-order valence-electron chi connectivity index (χ4n) is 4.30. The lowest BCUT2D eigenvalue weighted by Crippen LogP contribution is -2.48. The Balaban J connectivity index is 3.13. The minimum absolute atomic E-state index is 0.0876. The molecule has 2 unspecified atom stereocenters. The lowest BCUT2D eigenvalue weighted by atomic mass is 9.70. The van der Waals surface area contributed by atoms with Crippen molar-refractivity contribution in [2.24, 2.45) is 22.7 Å². The number of hydrogen-bond acceptors (Lipinski definition) is 4. The maximum Gasteiger partial charge on any atom is 0.456 e. The van der Waals surface area contributed by atoms with Crippen LogP contribution < -0.4 is 0 Å². The molecule has 1 aliphatic carbocycles. The van der Waals surface area contributed by atoms with Gasteiger partial charge in [-0.15, -0.1) is 0 Å². The second-order valence-corrected chi connectivity index (χ2v) is 11.1. The summed E-state index contributed by atoms with van der Waals surface area (Å²) < 4.78 is 74.4. The predicted octanol–water partition coefficient (Wildman–Crippen LogP) is 7.10. The Morgan fingerprint density at radius 2 is 1.42 bits per heavy atom. The van der Waals surface area contributed by atoms with Crippen LogP contribution in [0.1, 0.15) is 93.4 Å². The minimum Gasteiger partial charge on any atom is -0.459 e. The Morgan fingerprint density at radius 3 is 1.82 bits per heavy atom. The smallest absolute Gasteiger partial charge is 0.456 e. The zero-order valence-electron chi connectivity index (χ0n) is 20.8. The molecule has 1 fully saturated rings. The van der Waals surface area contributed by atoms with E-state index in [2.05, 4.69) is 18.6 Å². The summed E-state index contributed by atoms with van der Waals surface area (Å²) in [7, 11) is 0. The summed E-state index contributed by atoms with van der Waals surface area (Å²) in [5, 5.41) is 0. The zero-order valence-corrected chi connectivity index (χ0v) is 20.8. The van der Waals surface area contributed by atoms with Gasteiger partial charge in [0.25, 0.3) is 0 Å². The normalized spacial score (nSPS) is 19.2. The van der Waals surface area contributed by atoms with Gasteiger partial charge in [0.15, 0.2) is 6.61 Å². The van der Waals surface area contributed by atoms with E-state index < -0.39 is 53.5 Å². The van der Waals surface area contributed by atoms with Gasteiger partial charge < -0.3 is 9.47 Å². The summed E-state index contributed by atoms with van der Waals surface area (Å²) in [5.41, 5.74) is -1.83. The molecule has 9 heteroatoms. The first-order valence-corrected chi connectivity index (χ1v) is 11.7. The average Bonchev–Trinajstić information content (AvgIpc) is 3.12. The van der Waals surface area contributed by atoms with Crippen molar-refractivity contribution in [3.8, 4) is 0 Å². The third kappa shape index (κ3) is 7.54. The van der Waals surface area contributed by atoms with E-state index in [4.69, 9.17) is 4.74 Å². The van der Waals surface area contributed by atoms with Crippen LogP contribution in [0.4, 0.5) is 22.0 Å². The highest BCUT2D eigenvalue weighted by Crippen LogP contribution is 2.45. The molecule has 4 nitrogen and oxygen atoms in total. The molecule has 0 saturated heterocycles. The fraction of sp³-hybridized carbons (Fsp3) is 0.917.